The fraction of sp³-hybridized carbons (Fsp3) is 0.800. The zero-order valence-corrected chi connectivity index (χ0v) is 10.5. The average molecular weight is 277 g/mol. The second kappa shape index (κ2) is 6.10. The van der Waals surface area contributed by atoms with Gasteiger partial charge in [-0.05, 0) is 19.8 Å². The van der Waals surface area contributed by atoms with Crippen molar-refractivity contribution in [2.75, 3.05) is 19.6 Å². The molecule has 0 aromatic heterocycles. The molecule has 0 bridgehead atoms. The normalized spacial score (nSPS) is 21.6. The van der Waals surface area contributed by atoms with Crippen LogP contribution in [-0.2, 0) is 9.59 Å². The number of piperidine rings is 1. The van der Waals surface area contributed by atoms with Gasteiger partial charge in [0.05, 0.1) is 4.83 Å². The van der Waals surface area contributed by atoms with Gasteiger partial charge in [0.2, 0.25) is 11.8 Å². The third kappa shape index (κ3) is 3.81. The Labute approximate surface area is 98.5 Å². The smallest absolute Gasteiger partial charge is 0.236 e. The molecule has 5 heteroatoms. The first-order chi connectivity index (χ1) is 7.15. The first-order valence-corrected chi connectivity index (χ1v) is 6.26. The highest BCUT2D eigenvalue weighted by molar-refractivity contribution is 9.10. The number of likely N-dealkylation sites (tertiary alicyclic amines) is 1. The Morgan fingerprint density at radius 2 is 2.40 bits per heavy atom. The molecule has 0 aromatic carbocycles. The monoisotopic (exact) mass is 276 g/mol. The Hall–Kier alpha value is -0.580. The van der Waals surface area contributed by atoms with Crippen molar-refractivity contribution in [1.29, 1.82) is 0 Å². The standard InChI is InChI=1S/C10H17BrN2O2/c1-2-12-9(14)5-7-13-6-3-4-8(11)10(13)15/h8H,2-7H2,1H3,(H,12,14). The summed E-state index contributed by atoms with van der Waals surface area (Å²) in [5.74, 6) is 0.132. The number of amides is 2. The van der Waals surface area contributed by atoms with Gasteiger partial charge in [0.1, 0.15) is 0 Å². The molecule has 1 aliphatic heterocycles. The molecule has 1 saturated heterocycles. The summed E-state index contributed by atoms with van der Waals surface area (Å²) in [5, 5.41) is 2.72. The zero-order chi connectivity index (χ0) is 11.3. The van der Waals surface area contributed by atoms with E-state index in [9.17, 15) is 9.59 Å². The summed E-state index contributed by atoms with van der Waals surface area (Å²) in [6.07, 6.45) is 2.31. The number of alkyl halides is 1. The number of carbonyl (C=O) groups excluding carboxylic acids is 2. The average Bonchev–Trinajstić information content (AvgIpc) is 2.21. The second-order valence-corrected chi connectivity index (χ2v) is 4.74. The van der Waals surface area contributed by atoms with Gasteiger partial charge in [0, 0.05) is 26.1 Å². The number of nitrogens with zero attached hydrogens (tertiary/aromatic N) is 1. The van der Waals surface area contributed by atoms with Crippen molar-refractivity contribution in [2.45, 2.75) is 31.0 Å². The molecule has 1 rings (SSSR count). The highest BCUT2D eigenvalue weighted by atomic mass is 79.9. The van der Waals surface area contributed by atoms with Crippen LogP contribution in [0.15, 0.2) is 0 Å². The molecule has 4 nitrogen and oxygen atoms in total. The fourth-order valence-corrected chi connectivity index (χ4v) is 2.25. The second-order valence-electron chi connectivity index (χ2n) is 3.64. The van der Waals surface area contributed by atoms with Crippen LogP contribution in [-0.4, -0.2) is 41.2 Å². The topological polar surface area (TPSA) is 49.4 Å². The van der Waals surface area contributed by atoms with Crippen molar-refractivity contribution in [3.63, 3.8) is 0 Å². The molecule has 1 atom stereocenters. The highest BCUT2D eigenvalue weighted by Gasteiger charge is 2.26. The minimum absolute atomic E-state index is 0.0157. The van der Waals surface area contributed by atoms with Crippen LogP contribution >= 0.6 is 15.9 Å². The van der Waals surface area contributed by atoms with E-state index < -0.39 is 0 Å². The van der Waals surface area contributed by atoms with E-state index in [4.69, 9.17) is 0 Å². The molecule has 86 valence electrons. The van der Waals surface area contributed by atoms with Gasteiger partial charge >= 0.3 is 0 Å². The van der Waals surface area contributed by atoms with E-state index in [1.165, 1.54) is 0 Å². The SMILES string of the molecule is CCNC(=O)CCN1CCCC(Br)C1=O. The number of hydrogen-bond acceptors (Lipinski definition) is 2. The molecular formula is C10H17BrN2O2. The van der Waals surface area contributed by atoms with E-state index in [-0.39, 0.29) is 16.6 Å². The van der Waals surface area contributed by atoms with Crippen molar-refractivity contribution >= 4 is 27.7 Å². The molecule has 1 fully saturated rings. The largest absolute Gasteiger partial charge is 0.356 e. The lowest BCUT2D eigenvalue weighted by Crippen LogP contribution is -2.43. The van der Waals surface area contributed by atoms with Gasteiger partial charge in [0.25, 0.3) is 0 Å². The fourth-order valence-electron chi connectivity index (χ4n) is 1.64. The maximum absolute atomic E-state index is 11.6. The summed E-state index contributed by atoms with van der Waals surface area (Å²) >= 11 is 3.34. The Balaban J connectivity index is 2.31. The van der Waals surface area contributed by atoms with Crippen molar-refractivity contribution in [1.82, 2.24) is 10.2 Å². The first-order valence-electron chi connectivity index (χ1n) is 5.34. The summed E-state index contributed by atoms with van der Waals surface area (Å²) in [7, 11) is 0. The molecular weight excluding hydrogens is 260 g/mol. The third-order valence-corrected chi connectivity index (χ3v) is 3.30. The minimum Gasteiger partial charge on any atom is -0.356 e. The first kappa shape index (κ1) is 12.5. The molecule has 0 spiro atoms. The number of carbonyl (C=O) groups is 2. The van der Waals surface area contributed by atoms with Crippen LogP contribution < -0.4 is 5.32 Å². The molecule has 0 saturated carbocycles. The van der Waals surface area contributed by atoms with Crippen LogP contribution in [0.1, 0.15) is 26.2 Å². The molecule has 2 amide bonds. The van der Waals surface area contributed by atoms with Crippen LogP contribution in [0.25, 0.3) is 0 Å². The van der Waals surface area contributed by atoms with Gasteiger partial charge < -0.3 is 10.2 Å². The zero-order valence-electron chi connectivity index (χ0n) is 8.96. The van der Waals surface area contributed by atoms with Gasteiger partial charge in [-0.1, -0.05) is 15.9 Å². The van der Waals surface area contributed by atoms with Crippen LogP contribution in [0, 0.1) is 0 Å². The van der Waals surface area contributed by atoms with Crippen molar-refractivity contribution in [2.24, 2.45) is 0 Å². The number of nitrogens with one attached hydrogen (secondary N) is 1. The summed E-state index contributed by atoms with van der Waals surface area (Å²) in [6.45, 7) is 3.85. The Morgan fingerprint density at radius 3 is 3.07 bits per heavy atom. The van der Waals surface area contributed by atoms with E-state index in [0.29, 0.717) is 19.5 Å². The van der Waals surface area contributed by atoms with Crippen LogP contribution in [0.4, 0.5) is 0 Å². The molecule has 1 unspecified atom stereocenters. The van der Waals surface area contributed by atoms with Crippen molar-refractivity contribution < 1.29 is 9.59 Å². The third-order valence-electron chi connectivity index (χ3n) is 2.45. The summed E-state index contributed by atoms with van der Waals surface area (Å²) in [5.41, 5.74) is 0. The van der Waals surface area contributed by atoms with E-state index >= 15 is 0 Å². The number of halogens is 1. The maximum atomic E-state index is 11.6. The summed E-state index contributed by atoms with van der Waals surface area (Å²) in [6, 6.07) is 0. The van der Waals surface area contributed by atoms with Crippen LogP contribution in [0.3, 0.4) is 0 Å². The molecule has 1 heterocycles. The van der Waals surface area contributed by atoms with E-state index in [0.717, 1.165) is 19.4 Å². The summed E-state index contributed by atoms with van der Waals surface area (Å²) in [4.78, 5) is 24.6. The summed E-state index contributed by atoms with van der Waals surface area (Å²) < 4.78 is 0. The maximum Gasteiger partial charge on any atom is 0.236 e. The predicted octanol–water partition coefficient (Wildman–Crippen LogP) is 0.898. The molecule has 15 heavy (non-hydrogen) atoms. The van der Waals surface area contributed by atoms with Crippen LogP contribution in [0.5, 0.6) is 0 Å². The molecule has 1 aliphatic rings. The lowest BCUT2D eigenvalue weighted by molar-refractivity contribution is -0.133. The predicted molar refractivity (Wildman–Crippen MR) is 61.8 cm³/mol. The van der Waals surface area contributed by atoms with E-state index in [2.05, 4.69) is 21.2 Å². The molecule has 0 aromatic rings. The number of hydrogen-bond donors (Lipinski definition) is 1. The molecule has 1 N–H and O–H groups in total. The van der Waals surface area contributed by atoms with Gasteiger partial charge in [-0.25, -0.2) is 0 Å². The lowest BCUT2D eigenvalue weighted by Gasteiger charge is -2.29. The van der Waals surface area contributed by atoms with Gasteiger partial charge in [0.15, 0.2) is 0 Å². The minimum atomic E-state index is -0.0551. The van der Waals surface area contributed by atoms with E-state index in [1.54, 1.807) is 4.90 Å². The quantitative estimate of drug-likeness (QED) is 0.776. The molecule has 0 aliphatic carbocycles. The van der Waals surface area contributed by atoms with Crippen molar-refractivity contribution in [3.05, 3.63) is 0 Å². The Morgan fingerprint density at radius 1 is 1.67 bits per heavy atom. The van der Waals surface area contributed by atoms with Crippen molar-refractivity contribution in [3.8, 4) is 0 Å². The number of rotatable bonds is 4. The van der Waals surface area contributed by atoms with Gasteiger partial charge in [-0.3, -0.25) is 9.59 Å². The Kier molecular flexibility index (Phi) is 5.08. The Bertz CT molecular complexity index is 246. The van der Waals surface area contributed by atoms with Crippen LogP contribution in [0.2, 0.25) is 0 Å². The van der Waals surface area contributed by atoms with Gasteiger partial charge in [-0.15, -0.1) is 0 Å². The highest BCUT2D eigenvalue weighted by Crippen LogP contribution is 2.18. The molecule has 0 radical (unpaired) electrons. The van der Waals surface area contributed by atoms with Gasteiger partial charge in [-0.2, -0.15) is 0 Å². The lowest BCUT2D eigenvalue weighted by atomic mass is 10.1. The van der Waals surface area contributed by atoms with E-state index in [1.807, 2.05) is 6.92 Å².